The summed E-state index contributed by atoms with van der Waals surface area (Å²) < 4.78 is 49.6. The van der Waals surface area contributed by atoms with E-state index in [4.69, 9.17) is 4.74 Å². The Morgan fingerprint density at radius 1 is 1.21 bits per heavy atom. The number of carbonyl (C=O) groups excluding carboxylic acids is 2. The Labute approximate surface area is 147 Å². The molecule has 0 fully saturated rings. The third-order valence-electron chi connectivity index (χ3n) is 2.37. The summed E-state index contributed by atoms with van der Waals surface area (Å²) in [5.74, 6) is -4.24. The number of carbonyl (C=O) groups is 2. The van der Waals surface area contributed by atoms with Crippen LogP contribution in [0.3, 0.4) is 0 Å². The van der Waals surface area contributed by atoms with Gasteiger partial charge >= 0.3 is 12.3 Å². The maximum absolute atomic E-state index is 12.2. The van der Waals surface area contributed by atoms with Gasteiger partial charge in [0.1, 0.15) is 11.5 Å². The van der Waals surface area contributed by atoms with E-state index < -0.39 is 29.6 Å². The van der Waals surface area contributed by atoms with E-state index in [0.717, 1.165) is 18.2 Å². The average molecular weight is 340 g/mol. The average Bonchev–Trinajstić information content (AvgIpc) is 2.45. The summed E-state index contributed by atoms with van der Waals surface area (Å²) in [5, 5.41) is 11.9. The number of benzene rings is 1. The molecule has 0 aliphatic carbocycles. The van der Waals surface area contributed by atoms with Gasteiger partial charge in [-0.25, -0.2) is 4.79 Å². The molecule has 1 rings (SSSR count). The molecule has 0 amide bonds. The smallest absolute Gasteiger partial charge is 0.573 e. The zero-order valence-electron chi connectivity index (χ0n) is 13.1. The Bertz CT molecular complexity index is 627. The molecule has 10 heteroatoms. The van der Waals surface area contributed by atoms with Crippen molar-refractivity contribution in [1.29, 1.82) is 0 Å². The molecule has 0 bridgehead atoms. The molecule has 1 aromatic rings. The number of hydrogen-bond acceptors (Lipinski definition) is 6. The van der Waals surface area contributed by atoms with E-state index in [1.54, 1.807) is 0 Å². The summed E-state index contributed by atoms with van der Waals surface area (Å²) in [6.07, 6.45) is -4.54. The topological polar surface area (TPSA) is 84.9 Å². The van der Waals surface area contributed by atoms with E-state index in [-0.39, 0.29) is 36.8 Å². The second kappa shape index (κ2) is 9.25. The summed E-state index contributed by atoms with van der Waals surface area (Å²) in [5.41, 5.74) is -0.318. The molecule has 0 aromatic heterocycles. The van der Waals surface area contributed by atoms with Gasteiger partial charge in [0.2, 0.25) is 0 Å². The van der Waals surface area contributed by atoms with E-state index in [1.165, 1.54) is 14.0 Å². The van der Waals surface area contributed by atoms with E-state index in [0.29, 0.717) is 6.08 Å². The molecule has 6 nitrogen and oxygen atoms in total. The molecule has 127 valence electrons. The van der Waals surface area contributed by atoms with Gasteiger partial charge in [-0.3, -0.25) is 4.79 Å². The molecule has 0 aliphatic rings. The van der Waals surface area contributed by atoms with Crippen molar-refractivity contribution in [2.75, 3.05) is 13.7 Å². The number of rotatable bonds is 6. The van der Waals surface area contributed by atoms with Gasteiger partial charge in [0.25, 0.3) is 5.78 Å². The second-order valence-electron chi connectivity index (χ2n) is 4.04. The zero-order valence-corrected chi connectivity index (χ0v) is 13.1. The van der Waals surface area contributed by atoms with Crippen molar-refractivity contribution >= 4 is 36.4 Å². The Morgan fingerprint density at radius 2 is 1.79 bits per heavy atom. The predicted octanol–water partition coefficient (Wildman–Crippen LogP) is 1.05. The first-order valence-electron chi connectivity index (χ1n) is 6.21. The number of alkyl halides is 3. The molecule has 0 aliphatic heterocycles. The monoisotopic (exact) mass is 340 g/mol. The van der Waals surface area contributed by atoms with E-state index in [1.807, 2.05) is 0 Å². The molecule has 0 spiro atoms. The maximum Gasteiger partial charge on any atom is 0.573 e. The molecule has 0 saturated heterocycles. The molecule has 24 heavy (non-hydrogen) atoms. The summed E-state index contributed by atoms with van der Waals surface area (Å²) in [6.45, 7) is 1.41. The zero-order chi connectivity index (χ0) is 17.6. The van der Waals surface area contributed by atoms with Crippen LogP contribution in [0.15, 0.2) is 24.3 Å². The van der Waals surface area contributed by atoms with Crippen molar-refractivity contribution in [1.82, 2.24) is 0 Å². The minimum Gasteiger partial charge on any atom is -0.872 e. The fraction of sp³-hybridized carbons (Fsp3) is 0.286. The quantitative estimate of drug-likeness (QED) is 0.253. The minimum atomic E-state index is -4.96. The van der Waals surface area contributed by atoms with Crippen molar-refractivity contribution in [2.24, 2.45) is 0 Å². The minimum absolute atomic E-state index is 0. The molecule has 1 radical (unpaired) electrons. The van der Waals surface area contributed by atoms with Crippen LogP contribution in [0, 0.1) is 0 Å². The van der Waals surface area contributed by atoms with Gasteiger partial charge in [-0.1, -0.05) is 5.76 Å². The molecule has 0 heterocycles. The van der Waals surface area contributed by atoms with Gasteiger partial charge in [0.15, 0.2) is 0 Å². The van der Waals surface area contributed by atoms with Gasteiger partial charge in [-0.05, 0) is 30.7 Å². The van der Waals surface area contributed by atoms with Crippen molar-refractivity contribution in [3.05, 3.63) is 29.8 Å². The first kappa shape index (κ1) is 21.9. The van der Waals surface area contributed by atoms with E-state index in [2.05, 4.69) is 9.47 Å². The summed E-state index contributed by atoms with van der Waals surface area (Å²) in [6, 6.07) is 2.78. The fourth-order valence-electron chi connectivity index (χ4n) is 1.49. The Morgan fingerprint density at radius 3 is 2.29 bits per heavy atom. The van der Waals surface area contributed by atoms with Crippen LogP contribution in [0.4, 0.5) is 13.2 Å². The van der Waals surface area contributed by atoms with Gasteiger partial charge in [-0.15, -0.1) is 13.2 Å². The molecule has 0 saturated carbocycles. The first-order chi connectivity index (χ1) is 10.7. The molecular formula is C14H12F3LiO6-. The van der Waals surface area contributed by atoms with E-state index in [9.17, 15) is 27.9 Å². The standard InChI is InChI=1S/C14H13F3O6.Li/c1-3-22-13(20)12(19)7-11(18)8-4-9(21-2)6-10(5-8)23-14(15,16)17;/h4-7,18H,3H2,1-2H3;/p-1. The third kappa shape index (κ3) is 6.98. The second-order valence-corrected chi connectivity index (χ2v) is 4.04. The summed E-state index contributed by atoms with van der Waals surface area (Å²) in [4.78, 5) is 22.5. The summed E-state index contributed by atoms with van der Waals surface area (Å²) in [7, 11) is 1.18. The van der Waals surface area contributed by atoms with Gasteiger partial charge in [0.05, 0.1) is 13.7 Å². The number of ketones is 1. The van der Waals surface area contributed by atoms with Crippen molar-refractivity contribution in [2.45, 2.75) is 13.3 Å². The molecule has 0 N–H and O–H groups in total. The third-order valence-corrected chi connectivity index (χ3v) is 2.37. The largest absolute Gasteiger partial charge is 0.872 e. The fourth-order valence-corrected chi connectivity index (χ4v) is 1.49. The molecule has 0 atom stereocenters. The van der Waals surface area contributed by atoms with E-state index >= 15 is 0 Å². The number of esters is 1. The summed E-state index contributed by atoms with van der Waals surface area (Å²) >= 11 is 0. The Kier molecular flexibility index (Phi) is 8.43. The van der Waals surface area contributed by atoms with Crippen LogP contribution in [-0.4, -0.2) is 50.7 Å². The predicted molar refractivity (Wildman–Crippen MR) is 75.0 cm³/mol. The van der Waals surface area contributed by atoms with Gasteiger partial charge < -0.3 is 19.3 Å². The normalized spacial score (nSPS) is 11.3. The van der Waals surface area contributed by atoms with Crippen molar-refractivity contribution < 1.29 is 42.1 Å². The van der Waals surface area contributed by atoms with Gasteiger partial charge in [0, 0.05) is 24.9 Å². The maximum atomic E-state index is 12.2. The first-order valence-corrected chi connectivity index (χ1v) is 6.21. The van der Waals surface area contributed by atoms with Crippen molar-refractivity contribution in [3.63, 3.8) is 0 Å². The number of hydrogen-bond donors (Lipinski definition) is 0. The Hall–Kier alpha value is -2.11. The number of halogens is 3. The van der Waals surface area contributed by atoms with Crippen LogP contribution in [0.1, 0.15) is 12.5 Å². The number of methoxy groups -OCH3 is 1. The van der Waals surface area contributed by atoms with Crippen molar-refractivity contribution in [3.8, 4) is 11.5 Å². The van der Waals surface area contributed by atoms with Crippen LogP contribution in [-0.2, 0) is 14.3 Å². The van der Waals surface area contributed by atoms with Crippen LogP contribution in [0.5, 0.6) is 11.5 Å². The number of ether oxygens (including phenoxy) is 3. The molecule has 0 unspecified atom stereocenters. The van der Waals surface area contributed by atoms with Crippen LogP contribution in [0.25, 0.3) is 5.76 Å². The SMILES string of the molecule is CCOC(=O)C(=O)C=C([O-])c1cc(OC)cc(OC(F)(F)F)c1.[Li]. The Balaban J connectivity index is 0.00000529. The molecule has 1 aromatic carbocycles. The molecular weight excluding hydrogens is 328 g/mol. The van der Waals surface area contributed by atoms with Crippen LogP contribution in [0.2, 0.25) is 0 Å². The van der Waals surface area contributed by atoms with Crippen LogP contribution < -0.4 is 14.6 Å². The van der Waals surface area contributed by atoms with Crippen LogP contribution >= 0.6 is 0 Å². The van der Waals surface area contributed by atoms with Gasteiger partial charge in [-0.2, -0.15) is 0 Å².